The standard InChI is InChI=1S/C29H37F2N7O4/c1-29(2,3)42-28(40)37(14-18-4-5-18)23-12-19(10-11-33-23)27-35-22(16-41-27)26(39)34-21-15-38(36-24(21)25(30)31)20-8-6-17(13-32)7-9-20/h10-12,15-18,20,25H,4-9,13-14,32H2,1-3H3,(H,34,39). The number of alkyl halides is 2. The number of ether oxygens (including phenoxy) is 1. The third-order valence-electron chi connectivity index (χ3n) is 7.50. The van der Waals surface area contributed by atoms with Gasteiger partial charge in [0.15, 0.2) is 11.4 Å². The van der Waals surface area contributed by atoms with Gasteiger partial charge in [-0.2, -0.15) is 5.10 Å². The first-order valence-electron chi connectivity index (χ1n) is 14.3. The van der Waals surface area contributed by atoms with Crippen LogP contribution < -0.4 is 16.0 Å². The van der Waals surface area contributed by atoms with Crippen LogP contribution in [0.4, 0.5) is 25.1 Å². The van der Waals surface area contributed by atoms with Crippen LogP contribution in [-0.4, -0.2) is 50.4 Å². The van der Waals surface area contributed by atoms with Gasteiger partial charge in [-0.25, -0.2) is 23.5 Å². The first-order valence-corrected chi connectivity index (χ1v) is 14.3. The Hall–Kier alpha value is -3.87. The summed E-state index contributed by atoms with van der Waals surface area (Å²) in [6.07, 6.45) is 6.18. The number of carbonyl (C=O) groups is 2. The third-order valence-corrected chi connectivity index (χ3v) is 7.50. The molecule has 42 heavy (non-hydrogen) atoms. The van der Waals surface area contributed by atoms with Crippen molar-refractivity contribution in [2.75, 3.05) is 23.3 Å². The van der Waals surface area contributed by atoms with E-state index in [0.717, 1.165) is 44.8 Å². The number of amides is 2. The zero-order valence-corrected chi connectivity index (χ0v) is 24.1. The van der Waals surface area contributed by atoms with Crippen molar-refractivity contribution in [3.05, 3.63) is 42.2 Å². The summed E-state index contributed by atoms with van der Waals surface area (Å²) in [5.74, 6) is 0.579. The molecule has 226 valence electrons. The molecule has 13 heteroatoms. The van der Waals surface area contributed by atoms with Crippen molar-refractivity contribution in [2.24, 2.45) is 17.6 Å². The third kappa shape index (κ3) is 7.12. The molecule has 2 fully saturated rings. The van der Waals surface area contributed by atoms with E-state index in [9.17, 15) is 18.4 Å². The Bertz CT molecular complexity index is 1400. The van der Waals surface area contributed by atoms with E-state index in [1.165, 1.54) is 22.0 Å². The molecule has 0 aromatic carbocycles. The Morgan fingerprint density at radius 1 is 1.19 bits per heavy atom. The lowest BCUT2D eigenvalue weighted by atomic mass is 9.86. The van der Waals surface area contributed by atoms with E-state index >= 15 is 0 Å². The van der Waals surface area contributed by atoms with Gasteiger partial charge in [-0.3, -0.25) is 14.4 Å². The molecule has 0 aliphatic heterocycles. The molecule has 0 saturated heterocycles. The maximum absolute atomic E-state index is 13.8. The number of hydrogen-bond acceptors (Lipinski definition) is 8. The second kappa shape index (κ2) is 12.2. The van der Waals surface area contributed by atoms with Gasteiger partial charge in [-0.05, 0) is 89.8 Å². The Kier molecular flexibility index (Phi) is 8.58. The molecular formula is C29H37F2N7O4. The van der Waals surface area contributed by atoms with Gasteiger partial charge in [0.25, 0.3) is 12.3 Å². The van der Waals surface area contributed by atoms with Crippen LogP contribution in [0.25, 0.3) is 11.5 Å². The quantitative estimate of drug-likeness (QED) is 0.313. The summed E-state index contributed by atoms with van der Waals surface area (Å²) in [6.45, 7) is 6.47. The summed E-state index contributed by atoms with van der Waals surface area (Å²) in [7, 11) is 0. The van der Waals surface area contributed by atoms with Gasteiger partial charge >= 0.3 is 6.09 Å². The molecule has 3 heterocycles. The predicted octanol–water partition coefficient (Wildman–Crippen LogP) is 5.96. The molecular weight excluding hydrogens is 548 g/mol. The van der Waals surface area contributed by atoms with Crippen LogP contribution in [0.5, 0.6) is 0 Å². The van der Waals surface area contributed by atoms with E-state index in [2.05, 4.69) is 20.4 Å². The topological polar surface area (TPSA) is 141 Å². The lowest BCUT2D eigenvalue weighted by Gasteiger charge is -2.27. The minimum Gasteiger partial charge on any atom is -0.444 e. The van der Waals surface area contributed by atoms with Gasteiger partial charge in [-0.15, -0.1) is 0 Å². The number of halogens is 2. The average Bonchev–Trinajstić information content (AvgIpc) is 3.45. The number of carbonyl (C=O) groups excluding carboxylic acids is 2. The summed E-state index contributed by atoms with van der Waals surface area (Å²) in [4.78, 5) is 36.1. The van der Waals surface area contributed by atoms with Crippen molar-refractivity contribution >= 4 is 23.5 Å². The Balaban J connectivity index is 1.31. The first-order chi connectivity index (χ1) is 20.0. The first kappa shape index (κ1) is 29.6. The predicted molar refractivity (Wildman–Crippen MR) is 151 cm³/mol. The number of hydrogen-bond donors (Lipinski definition) is 2. The summed E-state index contributed by atoms with van der Waals surface area (Å²) in [6, 6.07) is 3.24. The molecule has 0 atom stereocenters. The second-order valence-corrected chi connectivity index (χ2v) is 12.0. The number of anilines is 2. The fourth-order valence-corrected chi connectivity index (χ4v) is 5.03. The van der Waals surface area contributed by atoms with E-state index in [1.54, 1.807) is 32.9 Å². The fraction of sp³-hybridized carbons (Fsp3) is 0.552. The van der Waals surface area contributed by atoms with Crippen molar-refractivity contribution in [3.8, 4) is 11.5 Å². The Labute approximate surface area is 242 Å². The highest BCUT2D eigenvalue weighted by atomic mass is 19.3. The zero-order chi connectivity index (χ0) is 30.0. The summed E-state index contributed by atoms with van der Waals surface area (Å²) < 4.78 is 40.3. The molecule has 3 aromatic rings. The number of nitrogens with zero attached hydrogens (tertiary/aromatic N) is 5. The maximum atomic E-state index is 13.8. The number of nitrogens with one attached hydrogen (secondary N) is 1. The molecule has 2 aliphatic carbocycles. The van der Waals surface area contributed by atoms with Crippen LogP contribution in [0.3, 0.4) is 0 Å². The number of aromatic nitrogens is 4. The molecule has 0 spiro atoms. The molecule has 2 saturated carbocycles. The van der Waals surface area contributed by atoms with Crippen LogP contribution in [0, 0.1) is 11.8 Å². The molecule has 3 aromatic heterocycles. The van der Waals surface area contributed by atoms with E-state index < -0.39 is 29.7 Å². The van der Waals surface area contributed by atoms with Crippen molar-refractivity contribution < 1.29 is 27.5 Å². The molecule has 0 radical (unpaired) electrons. The lowest BCUT2D eigenvalue weighted by Crippen LogP contribution is -2.38. The summed E-state index contributed by atoms with van der Waals surface area (Å²) in [5, 5.41) is 6.62. The normalized spacial score (nSPS) is 19.1. The van der Waals surface area contributed by atoms with Gasteiger partial charge in [0.05, 0.1) is 11.7 Å². The molecule has 2 aliphatic rings. The summed E-state index contributed by atoms with van der Waals surface area (Å²) >= 11 is 0. The van der Waals surface area contributed by atoms with Crippen molar-refractivity contribution in [1.82, 2.24) is 19.7 Å². The second-order valence-electron chi connectivity index (χ2n) is 12.0. The largest absolute Gasteiger partial charge is 0.444 e. The maximum Gasteiger partial charge on any atom is 0.416 e. The molecule has 2 amide bonds. The number of rotatable bonds is 9. The monoisotopic (exact) mass is 585 g/mol. The van der Waals surface area contributed by atoms with Crippen LogP contribution in [0.1, 0.15) is 87.9 Å². The Morgan fingerprint density at radius 3 is 2.55 bits per heavy atom. The highest BCUT2D eigenvalue weighted by Crippen LogP contribution is 2.35. The molecule has 0 unspecified atom stereocenters. The molecule has 0 bridgehead atoms. The minimum absolute atomic E-state index is 0.0318. The number of nitrogens with two attached hydrogens (primary N) is 1. The van der Waals surface area contributed by atoms with Crippen molar-refractivity contribution in [2.45, 2.75) is 77.4 Å². The van der Waals surface area contributed by atoms with E-state index in [1.807, 2.05) is 0 Å². The van der Waals surface area contributed by atoms with Gasteiger partial charge in [0, 0.05) is 24.5 Å². The molecule has 3 N–H and O–H groups in total. The van der Waals surface area contributed by atoms with Crippen molar-refractivity contribution in [3.63, 3.8) is 0 Å². The smallest absolute Gasteiger partial charge is 0.416 e. The summed E-state index contributed by atoms with van der Waals surface area (Å²) in [5.41, 5.74) is 4.92. The highest BCUT2D eigenvalue weighted by molar-refractivity contribution is 6.03. The fourth-order valence-electron chi connectivity index (χ4n) is 5.03. The lowest BCUT2D eigenvalue weighted by molar-refractivity contribution is 0.0577. The van der Waals surface area contributed by atoms with Gasteiger partial charge < -0.3 is 20.2 Å². The van der Waals surface area contributed by atoms with E-state index in [0.29, 0.717) is 36.3 Å². The van der Waals surface area contributed by atoms with Gasteiger partial charge in [-0.1, -0.05) is 0 Å². The SMILES string of the molecule is CC(C)(C)OC(=O)N(CC1CC1)c1cc(-c2nc(C(=O)Nc3cn(C4CCC(CN)CC4)nc3C(F)F)co2)ccn1. The van der Waals surface area contributed by atoms with Crippen LogP contribution in [0.2, 0.25) is 0 Å². The zero-order valence-electron chi connectivity index (χ0n) is 24.1. The number of pyridine rings is 1. The molecule has 5 rings (SSSR count). The minimum atomic E-state index is -2.87. The molecule has 11 nitrogen and oxygen atoms in total. The van der Waals surface area contributed by atoms with Crippen LogP contribution >= 0.6 is 0 Å². The highest BCUT2D eigenvalue weighted by Gasteiger charge is 2.32. The van der Waals surface area contributed by atoms with E-state index in [4.69, 9.17) is 14.9 Å². The van der Waals surface area contributed by atoms with E-state index in [-0.39, 0.29) is 23.3 Å². The van der Waals surface area contributed by atoms with Crippen LogP contribution in [-0.2, 0) is 4.74 Å². The van der Waals surface area contributed by atoms with Gasteiger partial charge in [0.1, 0.15) is 17.7 Å². The average molecular weight is 586 g/mol. The Morgan fingerprint density at radius 2 is 1.90 bits per heavy atom. The van der Waals surface area contributed by atoms with Crippen LogP contribution in [0.15, 0.2) is 35.2 Å². The van der Waals surface area contributed by atoms with Crippen molar-refractivity contribution in [1.29, 1.82) is 0 Å². The number of oxazole rings is 1. The van der Waals surface area contributed by atoms with Gasteiger partial charge in [0.2, 0.25) is 5.89 Å².